The van der Waals surface area contributed by atoms with Gasteiger partial charge in [0.2, 0.25) is 5.76 Å². The molecule has 88 valence electrons. The molecule has 0 aliphatic heterocycles. The monoisotopic (exact) mass is 270 g/mol. The van der Waals surface area contributed by atoms with Crippen molar-refractivity contribution in [3.05, 3.63) is 58.0 Å². The first kappa shape index (κ1) is 12.0. The van der Waals surface area contributed by atoms with Crippen LogP contribution in [0.15, 0.2) is 41.0 Å². The minimum absolute atomic E-state index is 0.0545. The maximum atomic E-state index is 11.5. The number of rotatable bonds is 3. The summed E-state index contributed by atoms with van der Waals surface area (Å²) in [5, 5.41) is 0.819. The minimum atomic E-state index is -0.536. The summed E-state index contributed by atoms with van der Waals surface area (Å²) >= 11 is 11.8. The molecule has 0 saturated heterocycles. The molecule has 0 aliphatic carbocycles. The Kier molecular flexibility index (Phi) is 3.71. The molecule has 17 heavy (non-hydrogen) atoms. The molecule has 0 unspecified atom stereocenters. The second-order valence-corrected chi connectivity index (χ2v) is 4.05. The van der Waals surface area contributed by atoms with E-state index in [1.807, 2.05) is 0 Å². The fraction of sp³-hybridized carbons (Fsp3) is 0.0833. The maximum absolute atomic E-state index is 11.5. The molecule has 0 saturated carbocycles. The van der Waals surface area contributed by atoms with E-state index in [0.29, 0.717) is 15.6 Å². The number of hydrogen-bond acceptors (Lipinski definition) is 3. The predicted octanol–water partition coefficient (Wildman–Crippen LogP) is 3.94. The molecule has 2 aromatic rings. The number of benzene rings is 1. The predicted molar refractivity (Wildman–Crippen MR) is 64.3 cm³/mol. The second-order valence-electron chi connectivity index (χ2n) is 3.27. The van der Waals surface area contributed by atoms with E-state index >= 15 is 0 Å². The molecule has 1 aromatic carbocycles. The van der Waals surface area contributed by atoms with Crippen molar-refractivity contribution in [1.29, 1.82) is 0 Å². The first-order valence-electron chi connectivity index (χ1n) is 4.82. The summed E-state index contributed by atoms with van der Waals surface area (Å²) in [6, 6.07) is 8.29. The molecule has 0 atom stereocenters. The summed E-state index contributed by atoms with van der Waals surface area (Å²) in [6.45, 7) is 0.0545. The summed E-state index contributed by atoms with van der Waals surface area (Å²) in [5.74, 6) is -0.380. The van der Waals surface area contributed by atoms with Gasteiger partial charge in [0, 0.05) is 5.56 Å². The van der Waals surface area contributed by atoms with Gasteiger partial charge in [-0.2, -0.15) is 0 Å². The summed E-state index contributed by atoms with van der Waals surface area (Å²) in [5.41, 5.74) is 0.652. The summed E-state index contributed by atoms with van der Waals surface area (Å²) < 4.78 is 9.94. The number of carbonyl (C=O) groups is 1. The van der Waals surface area contributed by atoms with Crippen molar-refractivity contribution in [2.75, 3.05) is 0 Å². The topological polar surface area (TPSA) is 39.4 Å². The molecule has 3 nitrogen and oxygen atoms in total. The number of carbonyl (C=O) groups excluding carboxylic acids is 1. The molecular weight excluding hydrogens is 263 g/mol. The normalized spacial score (nSPS) is 10.2. The van der Waals surface area contributed by atoms with Crippen molar-refractivity contribution < 1.29 is 13.9 Å². The zero-order valence-corrected chi connectivity index (χ0v) is 10.2. The molecule has 0 amide bonds. The van der Waals surface area contributed by atoms with Gasteiger partial charge in [-0.1, -0.05) is 35.3 Å². The highest BCUT2D eigenvalue weighted by molar-refractivity contribution is 6.42. The lowest BCUT2D eigenvalue weighted by Gasteiger charge is -2.06. The number of hydrogen-bond donors (Lipinski definition) is 0. The maximum Gasteiger partial charge on any atom is 0.374 e. The third kappa shape index (κ3) is 2.81. The Morgan fingerprint density at radius 2 is 2.06 bits per heavy atom. The average Bonchev–Trinajstić information content (AvgIpc) is 2.84. The van der Waals surface area contributed by atoms with Crippen LogP contribution in [0.3, 0.4) is 0 Å². The van der Waals surface area contributed by atoms with Gasteiger partial charge >= 0.3 is 5.97 Å². The molecule has 5 heteroatoms. The van der Waals surface area contributed by atoms with Crippen LogP contribution in [0.5, 0.6) is 0 Å². The lowest BCUT2D eigenvalue weighted by Crippen LogP contribution is -2.04. The van der Waals surface area contributed by atoms with Gasteiger partial charge in [-0.3, -0.25) is 0 Å². The smallest absolute Gasteiger partial charge is 0.374 e. The van der Waals surface area contributed by atoms with Crippen LogP contribution >= 0.6 is 23.2 Å². The van der Waals surface area contributed by atoms with Crippen LogP contribution in [-0.2, 0) is 11.3 Å². The zero-order valence-electron chi connectivity index (χ0n) is 8.65. The standard InChI is InChI=1S/C12H8Cl2O3/c13-9-4-1-3-8(11(9)14)7-17-12(15)10-5-2-6-16-10/h1-6H,7H2. The zero-order chi connectivity index (χ0) is 12.3. The summed E-state index contributed by atoms with van der Waals surface area (Å²) in [7, 11) is 0. The molecule has 0 N–H and O–H groups in total. The van der Waals surface area contributed by atoms with Gasteiger partial charge in [-0.15, -0.1) is 0 Å². The number of halogens is 2. The van der Waals surface area contributed by atoms with E-state index in [1.54, 1.807) is 24.3 Å². The molecule has 0 fully saturated rings. The largest absolute Gasteiger partial charge is 0.457 e. The van der Waals surface area contributed by atoms with Crippen LogP contribution in [0.2, 0.25) is 10.0 Å². The highest BCUT2D eigenvalue weighted by Gasteiger charge is 2.11. The van der Waals surface area contributed by atoms with E-state index in [0.717, 1.165) is 0 Å². The quantitative estimate of drug-likeness (QED) is 0.793. The molecule has 1 heterocycles. The summed E-state index contributed by atoms with van der Waals surface area (Å²) in [4.78, 5) is 11.5. The van der Waals surface area contributed by atoms with Crippen molar-refractivity contribution >= 4 is 29.2 Å². The van der Waals surface area contributed by atoms with Gasteiger partial charge < -0.3 is 9.15 Å². The lowest BCUT2D eigenvalue weighted by atomic mass is 10.2. The van der Waals surface area contributed by atoms with Crippen LogP contribution in [-0.4, -0.2) is 5.97 Å². The van der Waals surface area contributed by atoms with Crippen LogP contribution < -0.4 is 0 Å². The van der Waals surface area contributed by atoms with E-state index in [9.17, 15) is 4.79 Å². The Morgan fingerprint density at radius 1 is 1.24 bits per heavy atom. The SMILES string of the molecule is O=C(OCc1cccc(Cl)c1Cl)c1ccco1. The van der Waals surface area contributed by atoms with Crippen molar-refractivity contribution in [3.63, 3.8) is 0 Å². The van der Waals surface area contributed by atoms with Gasteiger partial charge in [-0.05, 0) is 18.2 Å². The summed E-state index contributed by atoms with van der Waals surface area (Å²) in [6.07, 6.45) is 1.41. The Bertz CT molecular complexity index is 521. The van der Waals surface area contributed by atoms with Crippen molar-refractivity contribution in [2.24, 2.45) is 0 Å². The van der Waals surface area contributed by atoms with Gasteiger partial charge in [-0.25, -0.2) is 4.79 Å². The average molecular weight is 271 g/mol. The first-order valence-corrected chi connectivity index (χ1v) is 5.57. The van der Waals surface area contributed by atoms with E-state index < -0.39 is 5.97 Å². The minimum Gasteiger partial charge on any atom is -0.457 e. The Balaban J connectivity index is 2.03. The highest BCUT2D eigenvalue weighted by atomic mass is 35.5. The van der Waals surface area contributed by atoms with Gasteiger partial charge in [0.1, 0.15) is 6.61 Å². The molecule has 0 radical (unpaired) electrons. The molecule has 0 bridgehead atoms. The van der Waals surface area contributed by atoms with E-state index in [4.69, 9.17) is 32.4 Å². The Labute approximate surface area is 108 Å². The highest BCUT2D eigenvalue weighted by Crippen LogP contribution is 2.26. The first-order chi connectivity index (χ1) is 8.18. The molecule has 0 aliphatic rings. The molecule has 0 spiro atoms. The van der Waals surface area contributed by atoms with Crippen molar-refractivity contribution in [1.82, 2.24) is 0 Å². The Hall–Kier alpha value is -1.45. The van der Waals surface area contributed by atoms with Crippen LogP contribution in [0.1, 0.15) is 16.1 Å². The van der Waals surface area contributed by atoms with E-state index in [-0.39, 0.29) is 12.4 Å². The Morgan fingerprint density at radius 3 is 2.76 bits per heavy atom. The third-order valence-corrected chi connectivity index (χ3v) is 2.97. The van der Waals surface area contributed by atoms with E-state index in [1.165, 1.54) is 12.3 Å². The van der Waals surface area contributed by atoms with Crippen LogP contribution in [0.4, 0.5) is 0 Å². The van der Waals surface area contributed by atoms with Gasteiger partial charge in [0.05, 0.1) is 16.3 Å². The van der Waals surface area contributed by atoms with Crippen molar-refractivity contribution in [2.45, 2.75) is 6.61 Å². The van der Waals surface area contributed by atoms with Crippen molar-refractivity contribution in [3.8, 4) is 0 Å². The van der Waals surface area contributed by atoms with E-state index in [2.05, 4.69) is 0 Å². The lowest BCUT2D eigenvalue weighted by molar-refractivity contribution is 0.0436. The number of furan rings is 1. The number of ether oxygens (including phenoxy) is 1. The second kappa shape index (κ2) is 5.25. The fourth-order valence-corrected chi connectivity index (χ4v) is 1.64. The molecular formula is C12H8Cl2O3. The number of esters is 1. The fourth-order valence-electron chi connectivity index (χ4n) is 1.27. The van der Waals surface area contributed by atoms with Gasteiger partial charge in [0.25, 0.3) is 0 Å². The molecule has 1 aromatic heterocycles. The molecule has 2 rings (SSSR count). The van der Waals surface area contributed by atoms with Crippen LogP contribution in [0.25, 0.3) is 0 Å². The van der Waals surface area contributed by atoms with Crippen LogP contribution in [0, 0.1) is 0 Å². The van der Waals surface area contributed by atoms with Gasteiger partial charge in [0.15, 0.2) is 0 Å². The third-order valence-electron chi connectivity index (χ3n) is 2.11.